The normalized spacial score (nSPS) is 22.9. The molecule has 1 N–H and O–H groups in total. The van der Waals surface area contributed by atoms with Crippen LogP contribution in [0.4, 0.5) is 0 Å². The van der Waals surface area contributed by atoms with E-state index in [9.17, 15) is 5.11 Å². The predicted molar refractivity (Wildman–Crippen MR) is 126 cm³/mol. The zero-order valence-electron chi connectivity index (χ0n) is 20.0. The van der Waals surface area contributed by atoms with E-state index in [1.807, 2.05) is 0 Å². The molecule has 1 saturated heterocycles. The monoisotopic (exact) mass is 420 g/mol. The second-order valence-corrected chi connectivity index (χ2v) is 9.86. The zero-order valence-corrected chi connectivity index (χ0v) is 20.0. The summed E-state index contributed by atoms with van der Waals surface area (Å²) in [6.07, 6.45) is 20.7. The molecule has 3 nitrogen and oxygen atoms in total. The second-order valence-electron chi connectivity index (χ2n) is 9.86. The summed E-state index contributed by atoms with van der Waals surface area (Å²) in [7, 11) is 0. The van der Waals surface area contributed by atoms with Crippen molar-refractivity contribution in [3.8, 4) is 0 Å². The maximum atomic E-state index is 9.72. The lowest BCUT2D eigenvalue weighted by atomic mass is 9.84. The Labute approximate surface area is 186 Å². The van der Waals surface area contributed by atoms with E-state index >= 15 is 0 Å². The summed E-state index contributed by atoms with van der Waals surface area (Å²) in [5.41, 5.74) is 3.17. The Morgan fingerprint density at radius 1 is 1.07 bits per heavy atom. The fraction of sp³-hybridized carbons (Fsp3) is 0.852. The number of aliphatic hydroxyl groups is 1. The van der Waals surface area contributed by atoms with Crippen LogP contribution < -0.4 is 0 Å². The number of ether oxygens (including phenoxy) is 2. The van der Waals surface area contributed by atoms with Gasteiger partial charge >= 0.3 is 0 Å². The Morgan fingerprint density at radius 2 is 1.93 bits per heavy atom. The third-order valence-electron chi connectivity index (χ3n) is 7.08. The molecule has 1 heterocycles. The minimum atomic E-state index is -0.0527. The first kappa shape index (κ1) is 25.6. The first-order chi connectivity index (χ1) is 14.6. The van der Waals surface area contributed by atoms with Crippen LogP contribution in [0.2, 0.25) is 0 Å². The van der Waals surface area contributed by atoms with Crippen LogP contribution in [0.1, 0.15) is 104 Å². The van der Waals surface area contributed by atoms with E-state index in [0.717, 1.165) is 38.2 Å². The molecule has 1 fully saturated rings. The molecule has 4 atom stereocenters. The molecule has 3 heteroatoms. The summed E-state index contributed by atoms with van der Waals surface area (Å²) >= 11 is 0. The van der Waals surface area contributed by atoms with Gasteiger partial charge in [0.1, 0.15) is 0 Å². The molecule has 0 aromatic rings. The van der Waals surface area contributed by atoms with Crippen molar-refractivity contribution in [2.75, 3.05) is 19.8 Å². The van der Waals surface area contributed by atoms with Crippen molar-refractivity contribution in [3.63, 3.8) is 0 Å². The zero-order chi connectivity index (χ0) is 21.6. The molecule has 30 heavy (non-hydrogen) atoms. The smallest absolute Gasteiger partial charge is 0.157 e. The quantitative estimate of drug-likeness (QED) is 0.285. The standard InChI is InChI=1S/C27H48O3/c1-4-5-6-9-22(2)11-12-23(3)26-17-15-24(16-18-26)13-14-25(20-28)21-30-27-10-7-8-19-29-27/h15,17,22-23,25,27-28H,4-14,16,18-21H2,1-3H3. The fourth-order valence-corrected chi connectivity index (χ4v) is 4.63. The van der Waals surface area contributed by atoms with Crippen LogP contribution in [0.25, 0.3) is 0 Å². The number of rotatable bonds is 15. The summed E-state index contributed by atoms with van der Waals surface area (Å²) in [5.74, 6) is 1.80. The van der Waals surface area contributed by atoms with Gasteiger partial charge < -0.3 is 14.6 Å². The molecule has 1 aliphatic heterocycles. The van der Waals surface area contributed by atoms with Gasteiger partial charge in [0, 0.05) is 19.1 Å². The third-order valence-corrected chi connectivity index (χ3v) is 7.08. The molecule has 0 amide bonds. The van der Waals surface area contributed by atoms with E-state index in [4.69, 9.17) is 9.47 Å². The number of aliphatic hydroxyl groups excluding tert-OH is 1. The molecule has 0 spiro atoms. The van der Waals surface area contributed by atoms with E-state index in [1.54, 1.807) is 5.57 Å². The van der Waals surface area contributed by atoms with E-state index in [-0.39, 0.29) is 18.8 Å². The van der Waals surface area contributed by atoms with Gasteiger partial charge in [-0.1, -0.05) is 76.2 Å². The van der Waals surface area contributed by atoms with Crippen molar-refractivity contribution in [1.29, 1.82) is 0 Å². The highest BCUT2D eigenvalue weighted by Crippen LogP contribution is 2.31. The van der Waals surface area contributed by atoms with E-state index in [2.05, 4.69) is 32.9 Å². The van der Waals surface area contributed by atoms with Gasteiger partial charge in [-0.25, -0.2) is 0 Å². The molecule has 4 unspecified atom stereocenters. The Hall–Kier alpha value is -0.640. The minimum absolute atomic E-state index is 0.0527. The van der Waals surface area contributed by atoms with Crippen molar-refractivity contribution < 1.29 is 14.6 Å². The predicted octanol–water partition coefficient (Wildman–Crippen LogP) is 7.20. The minimum Gasteiger partial charge on any atom is -0.396 e. The Morgan fingerprint density at radius 3 is 2.60 bits per heavy atom. The SMILES string of the molecule is CCCCCC(C)CCC(C)C1=CC=C(CCC(CO)COC2CCCCO2)CC1. The average Bonchev–Trinajstić information content (AvgIpc) is 2.79. The molecule has 2 rings (SSSR count). The van der Waals surface area contributed by atoms with Crippen LogP contribution in [-0.2, 0) is 9.47 Å². The maximum Gasteiger partial charge on any atom is 0.157 e. The van der Waals surface area contributed by atoms with E-state index in [0.29, 0.717) is 12.5 Å². The van der Waals surface area contributed by atoms with Crippen molar-refractivity contribution in [2.45, 2.75) is 111 Å². The van der Waals surface area contributed by atoms with Gasteiger partial charge in [0.15, 0.2) is 6.29 Å². The number of unbranched alkanes of at least 4 members (excludes halogenated alkanes) is 2. The summed E-state index contributed by atoms with van der Waals surface area (Å²) in [4.78, 5) is 0. The van der Waals surface area contributed by atoms with Crippen LogP contribution in [0, 0.1) is 17.8 Å². The van der Waals surface area contributed by atoms with Crippen LogP contribution in [0.15, 0.2) is 23.3 Å². The molecule has 0 saturated carbocycles. The van der Waals surface area contributed by atoms with Gasteiger partial charge in [0.05, 0.1) is 6.61 Å². The molecule has 1 aliphatic carbocycles. The molecule has 0 radical (unpaired) electrons. The number of hydrogen-bond donors (Lipinski definition) is 1. The number of hydrogen-bond acceptors (Lipinski definition) is 3. The van der Waals surface area contributed by atoms with Crippen molar-refractivity contribution in [3.05, 3.63) is 23.3 Å². The Balaban J connectivity index is 1.66. The molecular weight excluding hydrogens is 372 g/mol. The van der Waals surface area contributed by atoms with E-state index in [1.165, 1.54) is 63.4 Å². The van der Waals surface area contributed by atoms with Gasteiger partial charge in [-0.15, -0.1) is 0 Å². The van der Waals surface area contributed by atoms with Gasteiger partial charge in [-0.3, -0.25) is 0 Å². The Bertz CT molecular complexity index is 504. The third kappa shape index (κ3) is 10.1. The topological polar surface area (TPSA) is 38.7 Å². The van der Waals surface area contributed by atoms with Crippen molar-refractivity contribution in [2.24, 2.45) is 17.8 Å². The maximum absolute atomic E-state index is 9.72. The molecule has 0 bridgehead atoms. The molecule has 0 aromatic heterocycles. The van der Waals surface area contributed by atoms with Gasteiger partial charge in [0.2, 0.25) is 0 Å². The lowest BCUT2D eigenvalue weighted by Crippen LogP contribution is -2.26. The van der Waals surface area contributed by atoms with Crippen LogP contribution in [0.5, 0.6) is 0 Å². The highest BCUT2D eigenvalue weighted by atomic mass is 16.7. The van der Waals surface area contributed by atoms with Crippen LogP contribution in [-0.4, -0.2) is 31.2 Å². The lowest BCUT2D eigenvalue weighted by Gasteiger charge is -2.25. The first-order valence-corrected chi connectivity index (χ1v) is 12.8. The second kappa shape index (κ2) is 15.2. The fourth-order valence-electron chi connectivity index (χ4n) is 4.63. The average molecular weight is 421 g/mol. The summed E-state index contributed by atoms with van der Waals surface area (Å²) in [6, 6.07) is 0. The highest BCUT2D eigenvalue weighted by molar-refractivity contribution is 5.25. The molecule has 174 valence electrons. The summed E-state index contributed by atoms with van der Waals surface area (Å²) in [5, 5.41) is 9.72. The molecule has 2 aliphatic rings. The van der Waals surface area contributed by atoms with Crippen LogP contribution >= 0.6 is 0 Å². The first-order valence-electron chi connectivity index (χ1n) is 12.8. The van der Waals surface area contributed by atoms with Gasteiger partial charge in [-0.2, -0.15) is 0 Å². The Kier molecular flexibility index (Phi) is 13.0. The van der Waals surface area contributed by atoms with Crippen molar-refractivity contribution >= 4 is 0 Å². The lowest BCUT2D eigenvalue weighted by molar-refractivity contribution is -0.171. The van der Waals surface area contributed by atoms with Gasteiger partial charge in [-0.05, 0) is 63.2 Å². The van der Waals surface area contributed by atoms with Gasteiger partial charge in [0.25, 0.3) is 0 Å². The number of allylic oxidation sites excluding steroid dienone is 4. The molecular formula is C27H48O3. The molecule has 0 aromatic carbocycles. The van der Waals surface area contributed by atoms with Crippen molar-refractivity contribution in [1.82, 2.24) is 0 Å². The van der Waals surface area contributed by atoms with Crippen LogP contribution in [0.3, 0.4) is 0 Å². The summed E-state index contributed by atoms with van der Waals surface area (Å²) in [6.45, 7) is 8.76. The highest BCUT2D eigenvalue weighted by Gasteiger charge is 2.18. The summed E-state index contributed by atoms with van der Waals surface area (Å²) < 4.78 is 11.5. The van der Waals surface area contributed by atoms with E-state index < -0.39 is 0 Å². The largest absolute Gasteiger partial charge is 0.396 e.